The Hall–Kier alpha value is -0.900. The van der Waals surface area contributed by atoms with Gasteiger partial charge < -0.3 is 5.32 Å². The van der Waals surface area contributed by atoms with Gasteiger partial charge in [-0.05, 0) is 42.6 Å². The molecular formula is C17H18BrClFN. The number of likely N-dealkylation sites (N-methyl/N-ethyl adjacent to an activating group) is 1. The number of hydrogen-bond donors (Lipinski definition) is 1. The minimum Gasteiger partial charge on any atom is -0.310 e. The van der Waals surface area contributed by atoms with Crippen molar-refractivity contribution in [3.8, 4) is 0 Å². The van der Waals surface area contributed by atoms with Crippen LogP contribution < -0.4 is 5.32 Å². The van der Waals surface area contributed by atoms with Crippen LogP contribution in [0.5, 0.6) is 0 Å². The van der Waals surface area contributed by atoms with E-state index in [4.69, 9.17) is 11.6 Å². The lowest BCUT2D eigenvalue weighted by Gasteiger charge is -2.21. The lowest BCUT2D eigenvalue weighted by molar-refractivity contribution is 0.526. The Morgan fingerprint density at radius 3 is 2.67 bits per heavy atom. The Labute approximate surface area is 138 Å². The smallest absolute Gasteiger partial charge is 0.145 e. The summed E-state index contributed by atoms with van der Waals surface area (Å²) >= 11 is 9.51. The second-order valence-corrected chi connectivity index (χ2v) is 6.21. The first-order valence-corrected chi connectivity index (χ1v) is 8.13. The molecule has 0 amide bonds. The van der Waals surface area contributed by atoms with Gasteiger partial charge in [0.2, 0.25) is 0 Å². The second kappa shape index (κ2) is 7.39. The highest BCUT2D eigenvalue weighted by atomic mass is 79.9. The van der Waals surface area contributed by atoms with E-state index in [9.17, 15) is 4.39 Å². The number of hydrogen-bond acceptors (Lipinski definition) is 1. The first-order valence-electron chi connectivity index (χ1n) is 6.95. The molecule has 1 nitrogen and oxygen atoms in total. The van der Waals surface area contributed by atoms with Crippen LogP contribution in [0.3, 0.4) is 0 Å². The Balaban J connectivity index is 2.35. The molecule has 0 aromatic heterocycles. The largest absolute Gasteiger partial charge is 0.310 e. The molecule has 0 aliphatic carbocycles. The summed E-state index contributed by atoms with van der Waals surface area (Å²) in [4.78, 5) is 0. The van der Waals surface area contributed by atoms with E-state index in [1.54, 1.807) is 18.2 Å². The zero-order chi connectivity index (χ0) is 15.4. The third-order valence-electron chi connectivity index (χ3n) is 3.50. The van der Waals surface area contributed by atoms with Crippen LogP contribution in [0.15, 0.2) is 40.9 Å². The third kappa shape index (κ3) is 3.85. The van der Waals surface area contributed by atoms with E-state index < -0.39 is 0 Å². The molecule has 0 spiro atoms. The molecule has 0 saturated heterocycles. The van der Waals surface area contributed by atoms with Gasteiger partial charge in [-0.3, -0.25) is 0 Å². The van der Waals surface area contributed by atoms with Gasteiger partial charge in [0.05, 0.1) is 5.02 Å². The van der Waals surface area contributed by atoms with Crippen LogP contribution in [0.1, 0.15) is 29.7 Å². The van der Waals surface area contributed by atoms with Gasteiger partial charge in [0, 0.05) is 10.5 Å². The van der Waals surface area contributed by atoms with Gasteiger partial charge in [0.1, 0.15) is 5.82 Å². The Kier molecular flexibility index (Phi) is 5.80. The molecule has 0 aliphatic rings. The van der Waals surface area contributed by atoms with Crippen LogP contribution in [0.25, 0.3) is 0 Å². The van der Waals surface area contributed by atoms with Crippen molar-refractivity contribution in [1.29, 1.82) is 0 Å². The molecule has 1 N–H and O–H groups in total. The highest BCUT2D eigenvalue weighted by molar-refractivity contribution is 9.10. The van der Waals surface area contributed by atoms with Crippen molar-refractivity contribution < 1.29 is 4.39 Å². The summed E-state index contributed by atoms with van der Waals surface area (Å²) in [5.41, 5.74) is 2.93. The van der Waals surface area contributed by atoms with Gasteiger partial charge in [0.15, 0.2) is 0 Å². The van der Waals surface area contributed by atoms with Crippen molar-refractivity contribution in [2.24, 2.45) is 0 Å². The molecule has 0 aliphatic heterocycles. The number of halogens is 3. The standard InChI is InChI=1S/C17H18BrClFN/c1-3-21-15(13-8-4-6-11(2)16(13)18)10-12-7-5-9-14(19)17(12)20/h4-9,15,21H,3,10H2,1-2H3. The van der Waals surface area contributed by atoms with Crippen molar-refractivity contribution in [3.05, 3.63) is 68.4 Å². The van der Waals surface area contributed by atoms with Gasteiger partial charge in [0.25, 0.3) is 0 Å². The third-order valence-corrected chi connectivity index (χ3v) is 4.88. The molecule has 0 heterocycles. The van der Waals surface area contributed by atoms with E-state index >= 15 is 0 Å². The zero-order valence-electron chi connectivity index (χ0n) is 12.1. The van der Waals surface area contributed by atoms with E-state index in [0.29, 0.717) is 12.0 Å². The van der Waals surface area contributed by atoms with Crippen LogP contribution in [-0.2, 0) is 6.42 Å². The van der Waals surface area contributed by atoms with Gasteiger partial charge in [-0.15, -0.1) is 0 Å². The first-order chi connectivity index (χ1) is 10.0. The summed E-state index contributed by atoms with van der Waals surface area (Å²) in [6.07, 6.45) is 0.558. The Bertz CT molecular complexity index is 630. The fourth-order valence-corrected chi connectivity index (χ4v) is 3.14. The topological polar surface area (TPSA) is 12.0 Å². The molecule has 112 valence electrons. The molecule has 1 atom stereocenters. The number of rotatable bonds is 5. The quantitative estimate of drug-likeness (QED) is 0.738. The van der Waals surface area contributed by atoms with E-state index in [1.807, 2.05) is 13.0 Å². The summed E-state index contributed by atoms with van der Waals surface area (Å²) < 4.78 is 15.2. The van der Waals surface area contributed by atoms with E-state index in [-0.39, 0.29) is 16.9 Å². The summed E-state index contributed by atoms with van der Waals surface area (Å²) in [7, 11) is 0. The van der Waals surface area contributed by atoms with Gasteiger partial charge in [-0.1, -0.05) is 64.8 Å². The summed E-state index contributed by atoms with van der Waals surface area (Å²) in [5, 5.41) is 3.59. The maximum Gasteiger partial charge on any atom is 0.145 e. The Morgan fingerprint density at radius 1 is 1.24 bits per heavy atom. The summed E-state index contributed by atoms with van der Waals surface area (Å²) in [5.74, 6) is -0.328. The number of benzene rings is 2. The molecule has 2 aromatic rings. The first kappa shape index (κ1) is 16.5. The fourth-order valence-electron chi connectivity index (χ4n) is 2.40. The molecule has 2 rings (SSSR count). The second-order valence-electron chi connectivity index (χ2n) is 5.01. The van der Waals surface area contributed by atoms with E-state index in [2.05, 4.69) is 40.3 Å². The molecule has 0 bridgehead atoms. The average Bonchev–Trinajstić information content (AvgIpc) is 2.46. The van der Waals surface area contributed by atoms with Crippen LogP contribution in [0.2, 0.25) is 5.02 Å². The molecular weight excluding hydrogens is 353 g/mol. The summed E-state index contributed by atoms with van der Waals surface area (Å²) in [6, 6.07) is 11.3. The van der Waals surface area contributed by atoms with Crippen LogP contribution in [0.4, 0.5) is 4.39 Å². The van der Waals surface area contributed by atoms with Gasteiger partial charge in [-0.25, -0.2) is 4.39 Å². The normalized spacial score (nSPS) is 12.4. The monoisotopic (exact) mass is 369 g/mol. The predicted octanol–water partition coefficient (Wildman–Crippen LogP) is 5.44. The van der Waals surface area contributed by atoms with Crippen molar-refractivity contribution in [2.75, 3.05) is 6.54 Å². The van der Waals surface area contributed by atoms with Crippen molar-refractivity contribution in [2.45, 2.75) is 26.3 Å². The molecule has 21 heavy (non-hydrogen) atoms. The van der Waals surface area contributed by atoms with Crippen LogP contribution >= 0.6 is 27.5 Å². The molecule has 0 saturated carbocycles. The maximum absolute atomic E-state index is 14.1. The van der Waals surface area contributed by atoms with Crippen molar-refractivity contribution in [3.63, 3.8) is 0 Å². The van der Waals surface area contributed by atoms with Crippen molar-refractivity contribution in [1.82, 2.24) is 5.32 Å². The van der Waals surface area contributed by atoms with E-state index in [1.165, 1.54) is 5.56 Å². The van der Waals surface area contributed by atoms with Gasteiger partial charge >= 0.3 is 0 Å². The van der Waals surface area contributed by atoms with Crippen LogP contribution in [-0.4, -0.2) is 6.54 Å². The highest BCUT2D eigenvalue weighted by Crippen LogP contribution is 2.30. The molecule has 2 aromatic carbocycles. The lowest BCUT2D eigenvalue weighted by atomic mass is 9.97. The fraction of sp³-hybridized carbons (Fsp3) is 0.294. The van der Waals surface area contributed by atoms with E-state index in [0.717, 1.165) is 16.6 Å². The van der Waals surface area contributed by atoms with Gasteiger partial charge in [-0.2, -0.15) is 0 Å². The maximum atomic E-state index is 14.1. The molecule has 0 radical (unpaired) electrons. The minimum absolute atomic E-state index is 0.0391. The lowest BCUT2D eigenvalue weighted by Crippen LogP contribution is -2.24. The number of nitrogens with one attached hydrogen (secondary N) is 1. The Morgan fingerprint density at radius 2 is 1.95 bits per heavy atom. The molecule has 1 unspecified atom stereocenters. The predicted molar refractivity (Wildman–Crippen MR) is 90.4 cm³/mol. The number of aryl methyl sites for hydroxylation is 1. The zero-order valence-corrected chi connectivity index (χ0v) is 14.4. The average molecular weight is 371 g/mol. The molecule has 0 fully saturated rings. The minimum atomic E-state index is -0.328. The highest BCUT2D eigenvalue weighted by Gasteiger charge is 2.17. The SMILES string of the molecule is CCNC(Cc1cccc(Cl)c1F)c1cccc(C)c1Br. The molecule has 4 heteroatoms. The van der Waals surface area contributed by atoms with Crippen molar-refractivity contribution >= 4 is 27.5 Å². The summed E-state index contributed by atoms with van der Waals surface area (Å²) in [6.45, 7) is 4.91. The van der Waals surface area contributed by atoms with Crippen LogP contribution in [0, 0.1) is 12.7 Å².